The van der Waals surface area contributed by atoms with Crippen molar-refractivity contribution in [2.75, 3.05) is 6.54 Å². The highest BCUT2D eigenvalue weighted by Crippen LogP contribution is 2.50. The van der Waals surface area contributed by atoms with Crippen LogP contribution in [0.1, 0.15) is 68.6 Å². The largest absolute Gasteiger partial charge is 0.330 e. The number of nitriles is 1. The molecule has 0 atom stereocenters. The van der Waals surface area contributed by atoms with Crippen LogP contribution in [-0.2, 0) is 11.8 Å². The first-order chi connectivity index (χ1) is 15.8. The van der Waals surface area contributed by atoms with Crippen LogP contribution >= 0.6 is 0 Å². The van der Waals surface area contributed by atoms with Gasteiger partial charge in [0.1, 0.15) is 5.41 Å². The average Bonchev–Trinajstić information content (AvgIpc) is 3.14. The van der Waals surface area contributed by atoms with Gasteiger partial charge in [-0.05, 0) is 60.0 Å². The second-order valence-electron chi connectivity index (χ2n) is 8.65. The Bertz CT molecular complexity index is 953. The third-order valence-electron chi connectivity index (χ3n) is 6.40. The molecule has 0 amide bonds. The lowest BCUT2D eigenvalue weighted by Crippen LogP contribution is -2.22. The van der Waals surface area contributed by atoms with Crippen LogP contribution in [0.2, 0.25) is 0 Å². The molecule has 0 fully saturated rings. The molecule has 2 nitrogen and oxygen atoms in total. The lowest BCUT2D eigenvalue weighted by atomic mass is 9.75. The monoisotopic (exact) mass is 424 g/mol. The van der Waals surface area contributed by atoms with Crippen LogP contribution in [0.4, 0.5) is 0 Å². The van der Waals surface area contributed by atoms with Gasteiger partial charge in [-0.3, -0.25) is 0 Å². The first kappa shape index (κ1) is 23.8. The fourth-order valence-corrected chi connectivity index (χ4v) is 4.67. The summed E-state index contributed by atoms with van der Waals surface area (Å²) in [5.74, 6) is 0. The zero-order valence-corrected chi connectivity index (χ0v) is 19.4. The number of fused-ring (bicyclic) bond motifs is 3. The van der Waals surface area contributed by atoms with Gasteiger partial charge in [0.05, 0.1) is 6.07 Å². The molecule has 0 spiro atoms. The van der Waals surface area contributed by atoms with E-state index in [0.717, 1.165) is 25.8 Å². The van der Waals surface area contributed by atoms with E-state index in [1.54, 1.807) is 0 Å². The first-order valence-corrected chi connectivity index (χ1v) is 12.1. The van der Waals surface area contributed by atoms with E-state index >= 15 is 0 Å². The van der Waals surface area contributed by atoms with Crippen molar-refractivity contribution in [1.29, 1.82) is 5.26 Å². The van der Waals surface area contributed by atoms with E-state index in [2.05, 4.69) is 91.9 Å². The third-order valence-corrected chi connectivity index (χ3v) is 6.40. The lowest BCUT2D eigenvalue weighted by molar-refractivity contribution is 0.526. The van der Waals surface area contributed by atoms with E-state index in [0.29, 0.717) is 0 Å². The highest BCUT2D eigenvalue weighted by Gasteiger charge is 2.42. The molecule has 1 aliphatic rings. The molecule has 0 saturated heterocycles. The van der Waals surface area contributed by atoms with Crippen molar-refractivity contribution in [3.63, 3.8) is 0 Å². The summed E-state index contributed by atoms with van der Waals surface area (Å²) in [5, 5.41) is 10.2. The zero-order valence-electron chi connectivity index (χ0n) is 19.4. The highest BCUT2D eigenvalue weighted by molar-refractivity contribution is 5.82. The SMILES string of the molecule is CCCN.N#CC1(CCCCCCCc2ccccc2)c2ccccc2-c2ccccc21. The maximum absolute atomic E-state index is 10.2. The Hall–Kier alpha value is -2.89. The Morgan fingerprint density at radius 1 is 0.719 bits per heavy atom. The van der Waals surface area contributed by atoms with E-state index in [9.17, 15) is 5.26 Å². The van der Waals surface area contributed by atoms with Crippen LogP contribution in [0.25, 0.3) is 11.1 Å². The minimum Gasteiger partial charge on any atom is -0.330 e. The minimum atomic E-state index is -0.475. The predicted molar refractivity (Wildman–Crippen MR) is 135 cm³/mol. The van der Waals surface area contributed by atoms with Crippen molar-refractivity contribution >= 4 is 0 Å². The summed E-state index contributed by atoms with van der Waals surface area (Å²) in [4.78, 5) is 0. The van der Waals surface area contributed by atoms with Crippen LogP contribution in [0.5, 0.6) is 0 Å². The fourth-order valence-electron chi connectivity index (χ4n) is 4.67. The van der Waals surface area contributed by atoms with Crippen molar-refractivity contribution < 1.29 is 0 Å². The van der Waals surface area contributed by atoms with Gasteiger partial charge >= 0.3 is 0 Å². The van der Waals surface area contributed by atoms with Crippen molar-refractivity contribution in [2.24, 2.45) is 5.73 Å². The molecule has 2 N–H and O–H groups in total. The molecule has 4 rings (SSSR count). The number of hydrogen-bond acceptors (Lipinski definition) is 2. The summed E-state index contributed by atoms with van der Waals surface area (Å²) in [7, 11) is 0. The van der Waals surface area contributed by atoms with Gasteiger partial charge in [-0.15, -0.1) is 0 Å². The number of nitrogens with zero attached hydrogens (tertiary/aromatic N) is 1. The Kier molecular flexibility index (Phi) is 9.08. The molecule has 32 heavy (non-hydrogen) atoms. The molecule has 1 aliphatic carbocycles. The van der Waals surface area contributed by atoms with Gasteiger partial charge in [0.2, 0.25) is 0 Å². The van der Waals surface area contributed by atoms with Crippen LogP contribution < -0.4 is 5.73 Å². The number of unbranched alkanes of at least 4 members (excludes halogenated alkanes) is 4. The molecule has 0 unspecified atom stereocenters. The highest BCUT2D eigenvalue weighted by atomic mass is 14.5. The lowest BCUT2D eigenvalue weighted by Gasteiger charge is -2.24. The summed E-state index contributed by atoms with van der Waals surface area (Å²) in [6.45, 7) is 2.88. The Balaban J connectivity index is 0.000000668. The second-order valence-corrected chi connectivity index (χ2v) is 8.65. The molecule has 166 valence electrons. The van der Waals surface area contributed by atoms with Gasteiger partial charge in [0.25, 0.3) is 0 Å². The minimum absolute atomic E-state index is 0.475. The summed E-state index contributed by atoms with van der Waals surface area (Å²) < 4.78 is 0. The Morgan fingerprint density at radius 2 is 1.22 bits per heavy atom. The average molecular weight is 425 g/mol. The fraction of sp³-hybridized carbons (Fsp3) is 0.367. The van der Waals surface area contributed by atoms with Crippen LogP contribution in [0.15, 0.2) is 78.9 Å². The molecule has 3 aromatic carbocycles. The predicted octanol–water partition coefficient (Wildman–Crippen LogP) is 7.42. The van der Waals surface area contributed by atoms with Crippen LogP contribution in [0.3, 0.4) is 0 Å². The summed E-state index contributed by atoms with van der Waals surface area (Å²) in [6, 6.07) is 30.4. The normalized spacial score (nSPS) is 12.8. The molecule has 0 aromatic heterocycles. The van der Waals surface area contributed by atoms with Crippen LogP contribution in [-0.4, -0.2) is 6.54 Å². The van der Waals surface area contributed by atoms with Crippen molar-refractivity contribution in [3.05, 3.63) is 95.6 Å². The number of aryl methyl sites for hydroxylation is 1. The van der Waals surface area contributed by atoms with Crippen molar-refractivity contribution in [1.82, 2.24) is 0 Å². The molecule has 0 radical (unpaired) electrons. The van der Waals surface area contributed by atoms with Gasteiger partial charge in [-0.1, -0.05) is 111 Å². The number of nitrogens with two attached hydrogens (primary N) is 1. The van der Waals surface area contributed by atoms with Crippen LogP contribution in [0, 0.1) is 11.3 Å². The molecular weight excluding hydrogens is 388 g/mol. The molecule has 0 heterocycles. The standard InChI is InChI=1S/C27H27N.C3H9N/c28-21-27(20-12-3-1-2-5-13-22-14-6-4-7-15-22)25-18-10-8-16-23(25)24-17-9-11-19-26(24)27;1-2-3-4/h4,6-11,14-19H,1-3,5,12-13,20H2;2-4H2,1H3. The first-order valence-electron chi connectivity index (χ1n) is 12.1. The Morgan fingerprint density at radius 3 is 1.78 bits per heavy atom. The van der Waals surface area contributed by atoms with E-state index in [-0.39, 0.29) is 0 Å². The van der Waals surface area contributed by atoms with Gasteiger partial charge in [0, 0.05) is 0 Å². The van der Waals surface area contributed by atoms with Crippen molar-refractivity contribution in [3.8, 4) is 17.2 Å². The van der Waals surface area contributed by atoms with Gasteiger partial charge in [0.15, 0.2) is 0 Å². The number of hydrogen-bond donors (Lipinski definition) is 1. The molecular formula is C30H36N2. The third kappa shape index (κ3) is 5.47. The number of benzene rings is 3. The molecule has 0 bridgehead atoms. The number of rotatable bonds is 9. The quantitative estimate of drug-likeness (QED) is 0.363. The smallest absolute Gasteiger partial charge is 0.108 e. The Labute approximate surface area is 194 Å². The maximum atomic E-state index is 10.2. The maximum Gasteiger partial charge on any atom is 0.108 e. The summed E-state index contributed by atoms with van der Waals surface area (Å²) in [5.41, 5.74) is 10.9. The van der Waals surface area contributed by atoms with Crippen molar-refractivity contribution in [2.45, 2.75) is 63.7 Å². The van der Waals surface area contributed by atoms with Gasteiger partial charge in [-0.25, -0.2) is 0 Å². The molecule has 0 saturated carbocycles. The molecule has 2 heteroatoms. The van der Waals surface area contributed by atoms with Gasteiger partial charge in [-0.2, -0.15) is 5.26 Å². The zero-order chi connectivity index (χ0) is 22.7. The van der Waals surface area contributed by atoms with Gasteiger partial charge < -0.3 is 5.73 Å². The summed E-state index contributed by atoms with van der Waals surface area (Å²) >= 11 is 0. The topological polar surface area (TPSA) is 49.8 Å². The summed E-state index contributed by atoms with van der Waals surface area (Å²) in [6.07, 6.45) is 9.24. The van der Waals surface area contributed by atoms with E-state index in [4.69, 9.17) is 5.73 Å². The molecule has 0 aliphatic heterocycles. The van der Waals surface area contributed by atoms with E-state index < -0.39 is 5.41 Å². The van der Waals surface area contributed by atoms with E-state index in [1.807, 2.05) is 0 Å². The second kappa shape index (κ2) is 12.2. The van der Waals surface area contributed by atoms with E-state index in [1.165, 1.54) is 59.9 Å². The molecule has 3 aromatic rings.